The third-order valence-electron chi connectivity index (χ3n) is 3.51. The molecule has 1 aliphatic rings. The van der Waals surface area contributed by atoms with Crippen molar-refractivity contribution in [3.8, 4) is 0 Å². The van der Waals surface area contributed by atoms with Crippen LogP contribution in [0.3, 0.4) is 0 Å². The van der Waals surface area contributed by atoms with E-state index >= 15 is 0 Å². The zero-order chi connectivity index (χ0) is 15.7. The van der Waals surface area contributed by atoms with Crippen molar-refractivity contribution in [3.05, 3.63) is 0 Å². The molecule has 0 saturated carbocycles. The van der Waals surface area contributed by atoms with E-state index in [4.69, 9.17) is 21.3 Å². The lowest BCUT2D eigenvalue weighted by Gasteiger charge is -2.49. The molecular formula is C14H28ClNO4. The molecule has 1 saturated heterocycles. The molecule has 1 rings (SSSR count). The molecule has 120 valence electrons. The van der Waals surface area contributed by atoms with Gasteiger partial charge in [0.2, 0.25) is 0 Å². The van der Waals surface area contributed by atoms with Crippen LogP contribution in [0.25, 0.3) is 0 Å². The van der Waals surface area contributed by atoms with E-state index in [0.717, 1.165) is 0 Å². The Kier molecular flexibility index (Phi) is 5.86. The smallest absolute Gasteiger partial charge is 0.177 e. The van der Waals surface area contributed by atoms with Gasteiger partial charge in [-0.3, -0.25) is 0 Å². The topological polar surface area (TPSA) is 71.0 Å². The van der Waals surface area contributed by atoms with Crippen molar-refractivity contribution in [2.75, 3.05) is 6.61 Å². The standard InChI is InChI=1S/C14H28ClNO4/c1-13(2,3)9-8(7-17)19-12(20-14(4,5)6)10(16-15)11(9)18/h8-12,16-18H,7H2,1-6H3. The number of ether oxygens (including phenoxy) is 2. The van der Waals surface area contributed by atoms with Crippen LogP contribution in [-0.2, 0) is 9.47 Å². The molecule has 0 aromatic heterocycles. The Morgan fingerprint density at radius 3 is 2.10 bits per heavy atom. The highest BCUT2D eigenvalue weighted by Crippen LogP contribution is 2.39. The molecule has 0 spiro atoms. The molecule has 20 heavy (non-hydrogen) atoms. The maximum Gasteiger partial charge on any atom is 0.177 e. The molecule has 0 aromatic carbocycles. The summed E-state index contributed by atoms with van der Waals surface area (Å²) in [5.74, 6) is -0.247. The second kappa shape index (κ2) is 6.46. The largest absolute Gasteiger partial charge is 0.394 e. The third-order valence-corrected chi connectivity index (χ3v) is 3.77. The fraction of sp³-hybridized carbons (Fsp3) is 1.00. The molecular weight excluding hydrogens is 282 g/mol. The minimum atomic E-state index is -0.772. The lowest BCUT2D eigenvalue weighted by Crippen LogP contribution is -2.63. The average molecular weight is 310 g/mol. The number of hydrogen-bond donors (Lipinski definition) is 3. The Hall–Kier alpha value is 0.0900. The van der Waals surface area contributed by atoms with Gasteiger partial charge in [0, 0.05) is 5.92 Å². The molecule has 3 N–H and O–H groups in total. The quantitative estimate of drug-likeness (QED) is 0.692. The molecule has 1 heterocycles. The number of aliphatic hydroxyl groups excluding tert-OH is 2. The summed E-state index contributed by atoms with van der Waals surface area (Å²) in [5, 5.41) is 20.2. The number of halogens is 1. The van der Waals surface area contributed by atoms with Crippen LogP contribution in [-0.4, -0.2) is 47.0 Å². The Morgan fingerprint density at radius 2 is 1.75 bits per heavy atom. The molecule has 0 radical (unpaired) electrons. The summed E-state index contributed by atoms with van der Waals surface area (Å²) >= 11 is 5.77. The fourth-order valence-electron chi connectivity index (χ4n) is 2.74. The van der Waals surface area contributed by atoms with Gasteiger partial charge >= 0.3 is 0 Å². The van der Waals surface area contributed by atoms with Crippen LogP contribution in [0, 0.1) is 11.3 Å². The predicted molar refractivity (Wildman–Crippen MR) is 78.3 cm³/mol. The molecule has 1 fully saturated rings. The predicted octanol–water partition coefficient (Wildman–Crippen LogP) is 1.65. The summed E-state index contributed by atoms with van der Waals surface area (Å²) in [6.45, 7) is 11.5. The van der Waals surface area contributed by atoms with Gasteiger partial charge in [-0.2, -0.15) is 0 Å². The number of rotatable bonds is 3. The first kappa shape index (κ1) is 18.1. The van der Waals surface area contributed by atoms with Crippen molar-refractivity contribution in [2.24, 2.45) is 11.3 Å². The summed E-state index contributed by atoms with van der Waals surface area (Å²) in [6, 6.07) is -0.553. The lowest BCUT2D eigenvalue weighted by atomic mass is 9.71. The second-order valence-electron chi connectivity index (χ2n) is 7.47. The van der Waals surface area contributed by atoms with Crippen LogP contribution in [0.2, 0.25) is 0 Å². The summed E-state index contributed by atoms with van der Waals surface area (Å²) in [6.07, 6.45) is -1.97. The molecule has 1 aliphatic heterocycles. The van der Waals surface area contributed by atoms with Crippen LogP contribution in [0.15, 0.2) is 0 Å². The first-order valence-corrected chi connectivity index (χ1v) is 7.37. The molecule has 5 nitrogen and oxygen atoms in total. The third kappa shape index (κ3) is 4.29. The van der Waals surface area contributed by atoms with Gasteiger partial charge < -0.3 is 19.7 Å². The van der Waals surface area contributed by atoms with Crippen molar-refractivity contribution >= 4 is 11.8 Å². The molecule has 5 atom stereocenters. The van der Waals surface area contributed by atoms with Crippen molar-refractivity contribution in [1.82, 2.24) is 4.84 Å². The van der Waals surface area contributed by atoms with Gasteiger partial charge in [-0.25, -0.2) is 4.84 Å². The fourth-order valence-corrected chi connectivity index (χ4v) is 2.97. The Bertz CT molecular complexity index is 311. The van der Waals surface area contributed by atoms with Gasteiger partial charge in [0.15, 0.2) is 6.29 Å². The van der Waals surface area contributed by atoms with Crippen LogP contribution < -0.4 is 4.84 Å². The van der Waals surface area contributed by atoms with Crippen molar-refractivity contribution in [1.29, 1.82) is 0 Å². The van der Waals surface area contributed by atoms with Crippen LogP contribution >= 0.6 is 11.8 Å². The maximum absolute atomic E-state index is 10.6. The average Bonchev–Trinajstić information content (AvgIpc) is 2.24. The molecule has 0 aromatic rings. The van der Waals surface area contributed by atoms with Gasteiger partial charge in [0.05, 0.1) is 30.5 Å². The van der Waals surface area contributed by atoms with E-state index in [1.165, 1.54) is 0 Å². The Morgan fingerprint density at radius 1 is 1.20 bits per heavy atom. The zero-order valence-electron chi connectivity index (χ0n) is 13.2. The van der Waals surface area contributed by atoms with Gasteiger partial charge in [-0.05, 0) is 38.0 Å². The van der Waals surface area contributed by atoms with Crippen molar-refractivity contribution in [2.45, 2.75) is 71.7 Å². The van der Waals surface area contributed by atoms with Crippen molar-refractivity contribution in [3.63, 3.8) is 0 Å². The first-order chi connectivity index (χ1) is 9.01. The summed E-state index contributed by atoms with van der Waals surface area (Å²) < 4.78 is 11.7. The summed E-state index contributed by atoms with van der Waals surface area (Å²) in [7, 11) is 0. The highest BCUT2D eigenvalue weighted by molar-refractivity contribution is 6.13. The van der Waals surface area contributed by atoms with E-state index in [1.807, 2.05) is 41.5 Å². The normalized spacial score (nSPS) is 36.1. The number of aliphatic hydroxyl groups is 2. The van der Waals surface area contributed by atoms with Crippen LogP contribution in [0.5, 0.6) is 0 Å². The van der Waals surface area contributed by atoms with E-state index in [1.54, 1.807) is 0 Å². The minimum absolute atomic E-state index is 0.169. The Balaban J connectivity index is 3.00. The molecule has 5 unspecified atom stereocenters. The highest BCUT2D eigenvalue weighted by atomic mass is 35.5. The van der Waals surface area contributed by atoms with Gasteiger partial charge in [0.25, 0.3) is 0 Å². The summed E-state index contributed by atoms with van der Waals surface area (Å²) in [4.78, 5) is 2.56. The van der Waals surface area contributed by atoms with E-state index in [9.17, 15) is 10.2 Å². The second-order valence-corrected chi connectivity index (χ2v) is 7.69. The number of nitrogens with one attached hydrogen (secondary N) is 1. The van der Waals surface area contributed by atoms with Crippen LogP contribution in [0.4, 0.5) is 0 Å². The maximum atomic E-state index is 10.6. The van der Waals surface area contributed by atoms with E-state index in [-0.39, 0.29) is 17.9 Å². The molecule has 0 aliphatic carbocycles. The molecule has 6 heteroatoms. The molecule has 0 bridgehead atoms. The summed E-state index contributed by atoms with van der Waals surface area (Å²) in [5.41, 5.74) is -0.670. The minimum Gasteiger partial charge on any atom is -0.394 e. The van der Waals surface area contributed by atoms with Gasteiger partial charge in [-0.15, -0.1) is 0 Å². The highest BCUT2D eigenvalue weighted by Gasteiger charge is 2.50. The lowest BCUT2D eigenvalue weighted by molar-refractivity contribution is -0.291. The first-order valence-electron chi connectivity index (χ1n) is 6.99. The monoisotopic (exact) mass is 309 g/mol. The number of hydrogen-bond acceptors (Lipinski definition) is 5. The Labute approximate surface area is 126 Å². The van der Waals surface area contributed by atoms with E-state index < -0.39 is 30.1 Å². The van der Waals surface area contributed by atoms with E-state index in [2.05, 4.69) is 4.84 Å². The van der Waals surface area contributed by atoms with E-state index in [0.29, 0.717) is 0 Å². The molecule has 0 amide bonds. The van der Waals surface area contributed by atoms with Gasteiger partial charge in [0.1, 0.15) is 0 Å². The van der Waals surface area contributed by atoms with Crippen molar-refractivity contribution < 1.29 is 19.7 Å². The van der Waals surface area contributed by atoms with Crippen LogP contribution in [0.1, 0.15) is 41.5 Å². The van der Waals surface area contributed by atoms with Gasteiger partial charge in [-0.1, -0.05) is 20.8 Å². The zero-order valence-corrected chi connectivity index (χ0v) is 13.9. The SMILES string of the molecule is CC(C)(C)OC1OC(CO)C(C(C)(C)C)C(O)C1NCl.